The highest BCUT2D eigenvalue weighted by Gasteiger charge is 2.30. The number of nitrogens with zero attached hydrogens (tertiary/aromatic N) is 1. The number of ether oxygens (including phenoxy) is 1. The summed E-state index contributed by atoms with van der Waals surface area (Å²) < 4.78 is 42.8. The Hall–Kier alpha value is -2.86. The lowest BCUT2D eigenvalue weighted by atomic mass is 10.1. The van der Waals surface area contributed by atoms with Gasteiger partial charge in [0, 0.05) is 12.1 Å². The molecule has 3 aromatic rings. The third-order valence-electron chi connectivity index (χ3n) is 4.08. The molecule has 1 heterocycles. The van der Waals surface area contributed by atoms with Crippen molar-refractivity contribution in [3.05, 3.63) is 83.6 Å². The second-order valence-electron chi connectivity index (χ2n) is 5.97. The van der Waals surface area contributed by atoms with Crippen LogP contribution < -0.4 is 10.5 Å². The van der Waals surface area contributed by atoms with Crippen molar-refractivity contribution < 1.29 is 17.9 Å². The summed E-state index contributed by atoms with van der Waals surface area (Å²) in [5.41, 5.74) is 7.89. The van der Waals surface area contributed by atoms with Gasteiger partial charge in [-0.1, -0.05) is 49.4 Å². The lowest BCUT2D eigenvalue weighted by molar-refractivity contribution is -0.137. The summed E-state index contributed by atoms with van der Waals surface area (Å²) in [5, 5.41) is 0. The van der Waals surface area contributed by atoms with Gasteiger partial charge in [-0.15, -0.1) is 0 Å². The van der Waals surface area contributed by atoms with Crippen molar-refractivity contribution >= 4 is 0 Å². The van der Waals surface area contributed by atoms with Crippen LogP contribution in [0.3, 0.4) is 0 Å². The van der Waals surface area contributed by atoms with Crippen molar-refractivity contribution in [1.82, 2.24) is 4.98 Å². The summed E-state index contributed by atoms with van der Waals surface area (Å²) in [4.78, 5) is 4.29. The highest BCUT2D eigenvalue weighted by Crippen LogP contribution is 2.33. The van der Waals surface area contributed by atoms with E-state index in [0.717, 1.165) is 18.6 Å². The topological polar surface area (TPSA) is 48.1 Å². The van der Waals surface area contributed by atoms with Crippen molar-refractivity contribution in [2.24, 2.45) is 5.73 Å². The van der Waals surface area contributed by atoms with Gasteiger partial charge in [0.1, 0.15) is 11.4 Å². The van der Waals surface area contributed by atoms with E-state index >= 15 is 0 Å². The molecule has 3 rings (SSSR count). The Morgan fingerprint density at radius 1 is 0.929 bits per heavy atom. The summed E-state index contributed by atoms with van der Waals surface area (Å²) in [5.74, 6) is 0.488. The number of aryl methyl sites for hydroxylation is 1. The van der Waals surface area contributed by atoms with E-state index in [4.69, 9.17) is 10.5 Å². The van der Waals surface area contributed by atoms with Crippen LogP contribution in [0.25, 0.3) is 11.3 Å². The highest BCUT2D eigenvalue weighted by atomic mass is 19.4. The van der Waals surface area contributed by atoms with Gasteiger partial charge in [0.15, 0.2) is 0 Å². The Balaban J connectivity index is 0.000000292. The maximum atomic E-state index is 12.5. The molecule has 1 aromatic heterocycles. The minimum Gasteiger partial charge on any atom is -0.494 e. The standard InChI is InChI=1S/C14H13F3N2O.C8H10/c1-20-12-7-6-11(8-18)19-13(12)9-2-4-10(5-3-9)14(15,16)17;1-2-8-6-4-3-5-7-8/h2-7H,8,18H2,1H3;3-7H,2H2,1H3. The molecule has 0 amide bonds. The van der Waals surface area contributed by atoms with Crippen LogP contribution in [-0.4, -0.2) is 12.1 Å². The van der Waals surface area contributed by atoms with Gasteiger partial charge in [0.25, 0.3) is 0 Å². The average Bonchev–Trinajstić information content (AvgIpc) is 2.73. The SMILES string of the molecule is CCc1ccccc1.COc1ccc(CN)nc1-c1ccc(C(F)(F)F)cc1. The normalized spacial score (nSPS) is 10.8. The van der Waals surface area contributed by atoms with Crippen LogP contribution in [-0.2, 0) is 19.1 Å². The second kappa shape index (κ2) is 9.90. The van der Waals surface area contributed by atoms with E-state index in [1.165, 1.54) is 24.8 Å². The number of nitrogens with two attached hydrogens (primary N) is 1. The minimum absolute atomic E-state index is 0.248. The van der Waals surface area contributed by atoms with Crippen molar-refractivity contribution in [3.63, 3.8) is 0 Å². The first kappa shape index (κ1) is 21.4. The van der Waals surface area contributed by atoms with Crippen LogP contribution in [0.5, 0.6) is 5.75 Å². The van der Waals surface area contributed by atoms with E-state index in [1.54, 1.807) is 12.1 Å². The number of pyridine rings is 1. The van der Waals surface area contributed by atoms with E-state index in [9.17, 15) is 13.2 Å². The van der Waals surface area contributed by atoms with Gasteiger partial charge in [-0.3, -0.25) is 0 Å². The molecule has 0 saturated heterocycles. The van der Waals surface area contributed by atoms with Crippen molar-refractivity contribution in [1.29, 1.82) is 0 Å². The van der Waals surface area contributed by atoms with Crippen LogP contribution in [0.4, 0.5) is 13.2 Å². The molecule has 148 valence electrons. The molecule has 28 heavy (non-hydrogen) atoms. The van der Waals surface area contributed by atoms with Gasteiger partial charge >= 0.3 is 6.18 Å². The number of aromatic nitrogens is 1. The van der Waals surface area contributed by atoms with Crippen LogP contribution in [0.15, 0.2) is 66.7 Å². The van der Waals surface area contributed by atoms with Crippen molar-refractivity contribution in [3.8, 4) is 17.0 Å². The molecule has 0 aliphatic carbocycles. The lowest BCUT2D eigenvalue weighted by Gasteiger charge is -2.11. The van der Waals surface area contributed by atoms with Gasteiger partial charge in [-0.05, 0) is 36.2 Å². The van der Waals surface area contributed by atoms with Crippen LogP contribution in [0, 0.1) is 0 Å². The number of hydrogen-bond donors (Lipinski definition) is 1. The maximum Gasteiger partial charge on any atom is 0.416 e. The van der Waals surface area contributed by atoms with Gasteiger partial charge in [-0.25, -0.2) is 4.98 Å². The monoisotopic (exact) mass is 388 g/mol. The zero-order valence-electron chi connectivity index (χ0n) is 15.8. The number of alkyl halides is 3. The molecule has 0 radical (unpaired) electrons. The molecular weight excluding hydrogens is 365 g/mol. The molecule has 6 heteroatoms. The number of benzene rings is 2. The Morgan fingerprint density at radius 2 is 1.57 bits per heavy atom. The van der Waals surface area contributed by atoms with E-state index in [1.807, 2.05) is 6.07 Å². The lowest BCUT2D eigenvalue weighted by Crippen LogP contribution is -2.05. The predicted molar refractivity (Wildman–Crippen MR) is 105 cm³/mol. The van der Waals surface area contributed by atoms with Crippen LogP contribution in [0.1, 0.15) is 23.7 Å². The Labute approximate surface area is 163 Å². The van der Waals surface area contributed by atoms with Crippen LogP contribution in [0.2, 0.25) is 0 Å². The molecule has 0 spiro atoms. The third-order valence-corrected chi connectivity index (χ3v) is 4.08. The first-order valence-electron chi connectivity index (χ1n) is 8.84. The number of rotatable bonds is 4. The van der Waals surface area contributed by atoms with E-state index in [-0.39, 0.29) is 6.54 Å². The molecule has 0 unspecified atom stereocenters. The molecule has 3 nitrogen and oxygen atoms in total. The van der Waals surface area contributed by atoms with Crippen molar-refractivity contribution in [2.75, 3.05) is 7.11 Å². The zero-order valence-corrected chi connectivity index (χ0v) is 15.8. The quantitative estimate of drug-likeness (QED) is 0.643. The molecule has 0 bridgehead atoms. The molecule has 0 atom stereocenters. The first-order chi connectivity index (χ1) is 13.4. The number of methoxy groups -OCH3 is 1. The fraction of sp³-hybridized carbons (Fsp3) is 0.227. The molecule has 0 aliphatic rings. The van der Waals surface area contributed by atoms with E-state index in [0.29, 0.717) is 22.7 Å². The van der Waals surface area contributed by atoms with Gasteiger partial charge in [0.05, 0.1) is 18.4 Å². The first-order valence-corrected chi connectivity index (χ1v) is 8.84. The van der Waals surface area contributed by atoms with Gasteiger partial charge in [0.2, 0.25) is 0 Å². The Bertz CT molecular complexity index is 863. The Morgan fingerprint density at radius 3 is 2.04 bits per heavy atom. The van der Waals surface area contributed by atoms with Crippen molar-refractivity contribution in [2.45, 2.75) is 26.1 Å². The summed E-state index contributed by atoms with van der Waals surface area (Å²) in [6.07, 6.45) is -3.21. The summed E-state index contributed by atoms with van der Waals surface area (Å²) in [7, 11) is 1.48. The summed E-state index contributed by atoms with van der Waals surface area (Å²) in [6.45, 7) is 2.41. The fourth-order valence-electron chi connectivity index (χ4n) is 2.50. The number of halogens is 3. The molecule has 0 aliphatic heterocycles. The third kappa shape index (κ3) is 5.82. The average molecular weight is 388 g/mol. The minimum atomic E-state index is -4.35. The summed E-state index contributed by atoms with van der Waals surface area (Å²) >= 11 is 0. The highest BCUT2D eigenvalue weighted by molar-refractivity contribution is 5.66. The summed E-state index contributed by atoms with van der Waals surface area (Å²) in [6, 6.07) is 18.6. The molecule has 2 aromatic carbocycles. The Kier molecular flexibility index (Phi) is 7.58. The fourth-order valence-corrected chi connectivity index (χ4v) is 2.50. The van der Waals surface area contributed by atoms with Gasteiger partial charge < -0.3 is 10.5 Å². The second-order valence-corrected chi connectivity index (χ2v) is 5.97. The van der Waals surface area contributed by atoms with Gasteiger partial charge in [-0.2, -0.15) is 13.2 Å². The largest absolute Gasteiger partial charge is 0.494 e. The van der Waals surface area contributed by atoms with E-state index in [2.05, 4.69) is 36.2 Å². The molecular formula is C22H23F3N2O. The number of hydrogen-bond acceptors (Lipinski definition) is 3. The molecule has 0 saturated carbocycles. The maximum absolute atomic E-state index is 12.5. The molecule has 0 fully saturated rings. The predicted octanol–water partition coefficient (Wildman–Crippen LogP) is 5.48. The smallest absolute Gasteiger partial charge is 0.416 e. The molecule has 2 N–H and O–H groups in total. The van der Waals surface area contributed by atoms with Crippen LogP contribution >= 0.6 is 0 Å². The van der Waals surface area contributed by atoms with E-state index < -0.39 is 11.7 Å². The zero-order chi connectivity index (χ0) is 20.6.